The van der Waals surface area contributed by atoms with E-state index in [-0.39, 0.29) is 5.91 Å². The van der Waals surface area contributed by atoms with Gasteiger partial charge in [-0.1, -0.05) is 6.92 Å². The van der Waals surface area contributed by atoms with E-state index < -0.39 is 0 Å². The van der Waals surface area contributed by atoms with E-state index in [0.717, 1.165) is 23.8 Å². The highest BCUT2D eigenvalue weighted by Gasteiger charge is 2.22. The Hall–Kier alpha value is -2.02. The van der Waals surface area contributed by atoms with Crippen LogP contribution in [0.1, 0.15) is 46.3 Å². The second kappa shape index (κ2) is 7.25. The summed E-state index contributed by atoms with van der Waals surface area (Å²) in [5.74, 6) is 0.919. The van der Waals surface area contributed by atoms with Gasteiger partial charge in [0.2, 0.25) is 5.88 Å². The molecule has 3 rings (SSSR count). The van der Waals surface area contributed by atoms with Crippen LogP contribution in [0.15, 0.2) is 12.4 Å². The van der Waals surface area contributed by atoms with Gasteiger partial charge >= 0.3 is 0 Å². The first-order valence-electron chi connectivity index (χ1n) is 8.23. The largest absolute Gasteiger partial charge is 0.480 e. The molecule has 1 unspecified atom stereocenters. The maximum atomic E-state index is 12.7. The van der Waals surface area contributed by atoms with Gasteiger partial charge in [-0.2, -0.15) is 0 Å². The highest BCUT2D eigenvalue weighted by molar-refractivity contribution is 7.11. The van der Waals surface area contributed by atoms with Gasteiger partial charge in [0.1, 0.15) is 5.01 Å². The van der Waals surface area contributed by atoms with Gasteiger partial charge in [-0.05, 0) is 32.1 Å². The number of ether oxygens (including phenoxy) is 1. The molecule has 0 aliphatic heterocycles. The normalized spacial score (nSPS) is 16.5. The topological polar surface area (TPSA) is 68.2 Å². The lowest BCUT2D eigenvalue weighted by molar-refractivity contribution is 0.0745. The molecule has 0 N–H and O–H groups in total. The average molecular weight is 346 g/mol. The Kier molecular flexibility index (Phi) is 5.08. The fraction of sp³-hybridized carbons (Fsp3) is 0.529. The number of fused-ring (bicyclic) bond motifs is 1. The first-order valence-corrected chi connectivity index (χ1v) is 9.05. The fourth-order valence-corrected chi connectivity index (χ4v) is 4.16. The SMILES string of the molecule is CCN(Cc1nc2c(s1)CC(C)CC2)C(=O)c1cncc(OC)n1. The van der Waals surface area contributed by atoms with Crippen molar-refractivity contribution in [3.05, 3.63) is 33.7 Å². The van der Waals surface area contributed by atoms with Crippen molar-refractivity contribution in [3.63, 3.8) is 0 Å². The smallest absolute Gasteiger partial charge is 0.274 e. The molecule has 128 valence electrons. The molecule has 0 saturated carbocycles. The first kappa shape index (κ1) is 16.8. The Morgan fingerprint density at radius 2 is 2.25 bits per heavy atom. The molecular weight excluding hydrogens is 324 g/mol. The van der Waals surface area contributed by atoms with Gasteiger partial charge in [-0.15, -0.1) is 11.3 Å². The lowest BCUT2D eigenvalue weighted by atomic mass is 9.93. The molecule has 0 saturated heterocycles. The quantitative estimate of drug-likeness (QED) is 0.833. The zero-order valence-corrected chi connectivity index (χ0v) is 15.1. The molecule has 1 atom stereocenters. The van der Waals surface area contributed by atoms with Crippen molar-refractivity contribution in [1.82, 2.24) is 19.9 Å². The van der Waals surface area contributed by atoms with Crippen LogP contribution in [0.25, 0.3) is 0 Å². The van der Waals surface area contributed by atoms with E-state index in [0.29, 0.717) is 24.7 Å². The van der Waals surface area contributed by atoms with E-state index in [2.05, 4.69) is 16.9 Å². The average Bonchev–Trinajstić information content (AvgIpc) is 3.00. The summed E-state index contributed by atoms with van der Waals surface area (Å²) in [4.78, 5) is 28.8. The Morgan fingerprint density at radius 1 is 1.42 bits per heavy atom. The molecule has 2 aromatic heterocycles. The summed E-state index contributed by atoms with van der Waals surface area (Å²) in [6.45, 7) is 5.35. The zero-order chi connectivity index (χ0) is 17.1. The van der Waals surface area contributed by atoms with Crippen LogP contribution in [-0.2, 0) is 19.4 Å². The third kappa shape index (κ3) is 3.56. The van der Waals surface area contributed by atoms with Crippen molar-refractivity contribution in [2.45, 2.75) is 39.7 Å². The third-order valence-corrected chi connectivity index (χ3v) is 5.37. The van der Waals surface area contributed by atoms with Gasteiger partial charge in [0.15, 0.2) is 5.69 Å². The van der Waals surface area contributed by atoms with E-state index >= 15 is 0 Å². The lowest BCUT2D eigenvalue weighted by Gasteiger charge is -2.19. The van der Waals surface area contributed by atoms with Gasteiger partial charge in [0, 0.05) is 11.4 Å². The summed E-state index contributed by atoms with van der Waals surface area (Å²) in [6, 6.07) is 0. The van der Waals surface area contributed by atoms with Crippen LogP contribution in [0.3, 0.4) is 0 Å². The molecule has 1 aliphatic carbocycles. The molecule has 0 aromatic carbocycles. The molecule has 0 spiro atoms. The predicted octanol–water partition coefficient (Wildman–Crippen LogP) is 2.73. The number of nitrogens with zero attached hydrogens (tertiary/aromatic N) is 4. The highest BCUT2D eigenvalue weighted by Crippen LogP contribution is 2.30. The van der Waals surface area contributed by atoms with Crippen molar-refractivity contribution in [3.8, 4) is 5.88 Å². The van der Waals surface area contributed by atoms with E-state index in [9.17, 15) is 4.79 Å². The van der Waals surface area contributed by atoms with Crippen molar-refractivity contribution < 1.29 is 9.53 Å². The summed E-state index contributed by atoms with van der Waals surface area (Å²) < 4.78 is 5.05. The van der Waals surface area contributed by atoms with Crippen LogP contribution >= 0.6 is 11.3 Å². The van der Waals surface area contributed by atoms with Gasteiger partial charge in [0.05, 0.1) is 31.7 Å². The van der Waals surface area contributed by atoms with Crippen LogP contribution in [-0.4, -0.2) is 39.4 Å². The van der Waals surface area contributed by atoms with Crippen molar-refractivity contribution in [2.75, 3.05) is 13.7 Å². The molecule has 1 aliphatic rings. The number of aromatic nitrogens is 3. The maximum absolute atomic E-state index is 12.7. The molecule has 0 radical (unpaired) electrons. The molecule has 2 aromatic rings. The minimum absolute atomic E-state index is 0.148. The summed E-state index contributed by atoms with van der Waals surface area (Å²) in [5.41, 5.74) is 1.52. The summed E-state index contributed by atoms with van der Waals surface area (Å²) in [7, 11) is 1.51. The monoisotopic (exact) mass is 346 g/mol. The molecule has 0 bridgehead atoms. The minimum atomic E-state index is -0.148. The Balaban J connectivity index is 1.75. The van der Waals surface area contributed by atoms with E-state index in [1.807, 2.05) is 6.92 Å². The van der Waals surface area contributed by atoms with E-state index in [4.69, 9.17) is 9.72 Å². The summed E-state index contributed by atoms with van der Waals surface area (Å²) in [5, 5.41) is 1.00. The van der Waals surface area contributed by atoms with Crippen LogP contribution in [0.4, 0.5) is 0 Å². The van der Waals surface area contributed by atoms with E-state index in [1.54, 1.807) is 16.2 Å². The number of carbonyl (C=O) groups is 1. The number of carbonyl (C=O) groups excluding carboxylic acids is 1. The van der Waals surface area contributed by atoms with Crippen LogP contribution in [0.5, 0.6) is 5.88 Å². The number of rotatable bonds is 5. The fourth-order valence-electron chi connectivity index (χ4n) is 2.86. The summed E-state index contributed by atoms with van der Waals surface area (Å²) >= 11 is 1.74. The van der Waals surface area contributed by atoms with Crippen LogP contribution in [0.2, 0.25) is 0 Å². The second-order valence-corrected chi connectivity index (χ2v) is 7.26. The predicted molar refractivity (Wildman–Crippen MR) is 92.3 cm³/mol. The molecule has 6 nitrogen and oxygen atoms in total. The zero-order valence-electron chi connectivity index (χ0n) is 14.3. The highest BCUT2D eigenvalue weighted by atomic mass is 32.1. The van der Waals surface area contributed by atoms with Crippen molar-refractivity contribution in [1.29, 1.82) is 0 Å². The van der Waals surface area contributed by atoms with Crippen molar-refractivity contribution >= 4 is 17.2 Å². The molecular formula is C17H22N4O2S. The molecule has 7 heteroatoms. The summed E-state index contributed by atoms with van der Waals surface area (Å²) in [6.07, 6.45) is 6.32. The second-order valence-electron chi connectivity index (χ2n) is 6.09. The van der Waals surface area contributed by atoms with Gasteiger partial charge in [0.25, 0.3) is 5.91 Å². The van der Waals surface area contributed by atoms with Crippen LogP contribution in [0, 0.1) is 5.92 Å². The Bertz CT molecular complexity index is 731. The molecule has 2 heterocycles. The Labute approximate surface area is 145 Å². The molecule has 1 amide bonds. The number of amides is 1. The number of hydrogen-bond acceptors (Lipinski definition) is 6. The molecule has 24 heavy (non-hydrogen) atoms. The van der Waals surface area contributed by atoms with E-state index in [1.165, 1.54) is 36.5 Å². The van der Waals surface area contributed by atoms with Gasteiger partial charge in [-0.3, -0.25) is 9.78 Å². The lowest BCUT2D eigenvalue weighted by Crippen LogP contribution is -2.31. The number of thiazole rings is 1. The first-order chi connectivity index (χ1) is 11.6. The number of hydrogen-bond donors (Lipinski definition) is 0. The van der Waals surface area contributed by atoms with Gasteiger partial charge in [-0.25, -0.2) is 9.97 Å². The number of aryl methyl sites for hydroxylation is 1. The minimum Gasteiger partial charge on any atom is -0.480 e. The third-order valence-electron chi connectivity index (χ3n) is 4.27. The number of methoxy groups -OCH3 is 1. The maximum Gasteiger partial charge on any atom is 0.274 e. The molecule has 0 fully saturated rings. The van der Waals surface area contributed by atoms with Gasteiger partial charge < -0.3 is 9.64 Å². The van der Waals surface area contributed by atoms with Crippen molar-refractivity contribution in [2.24, 2.45) is 5.92 Å². The van der Waals surface area contributed by atoms with Crippen LogP contribution < -0.4 is 4.74 Å². The standard InChI is InChI=1S/C17H22N4O2S/c1-4-21(17(22)13-8-18-9-15(19-13)23-3)10-16-20-12-6-5-11(2)7-14(12)24-16/h8-9,11H,4-7,10H2,1-3H3. The Morgan fingerprint density at radius 3 is 3.00 bits per heavy atom.